The molecule has 2 aliphatic rings. The second kappa shape index (κ2) is 19.8. The van der Waals surface area contributed by atoms with Gasteiger partial charge in [0.2, 0.25) is 5.28 Å². The molecule has 1 amide bonds. The van der Waals surface area contributed by atoms with Crippen LogP contribution in [0, 0.1) is 17.2 Å². The van der Waals surface area contributed by atoms with Crippen molar-refractivity contribution in [2.75, 3.05) is 71.5 Å². The summed E-state index contributed by atoms with van der Waals surface area (Å²) >= 11 is 6.22. The van der Waals surface area contributed by atoms with Crippen LogP contribution in [0.5, 0.6) is 11.6 Å². The lowest BCUT2D eigenvalue weighted by Gasteiger charge is -2.53. The molecule has 0 unspecified atom stereocenters. The molecule has 288 valence electrons. The summed E-state index contributed by atoms with van der Waals surface area (Å²) in [5.41, 5.74) is 0.285. The van der Waals surface area contributed by atoms with Crippen molar-refractivity contribution in [3.05, 3.63) is 47.0 Å². The normalized spacial score (nSPS) is 16.0. The first-order valence-electron chi connectivity index (χ1n) is 17.6. The number of hydrogen-bond acceptors (Lipinski definition) is 11. The van der Waals surface area contributed by atoms with E-state index in [-0.39, 0.29) is 39.8 Å². The second-order valence-electron chi connectivity index (χ2n) is 14.0. The first-order chi connectivity index (χ1) is 24.6. The van der Waals surface area contributed by atoms with Crippen molar-refractivity contribution >= 4 is 35.3 Å². The number of benzene rings is 1. The SMILES string of the molecule is CCN(C(=O)c1cc(F)ccc1Oc1nnc(Cl)nc1N1CCC2(C1)CN([C@H](CCCN(C)CCOC)C(C)C)C2)C(C)C.O=C(O)/C=C/C(=O)O. The fourth-order valence-electron chi connectivity index (χ4n) is 6.75. The third kappa shape index (κ3) is 12.1. The summed E-state index contributed by atoms with van der Waals surface area (Å²) in [7, 11) is 3.90. The maximum Gasteiger partial charge on any atom is 0.328 e. The van der Waals surface area contributed by atoms with E-state index < -0.39 is 17.8 Å². The lowest BCUT2D eigenvalue weighted by Crippen LogP contribution is -2.62. The van der Waals surface area contributed by atoms with Gasteiger partial charge in [-0.3, -0.25) is 9.69 Å². The number of amides is 1. The number of hydrogen-bond donors (Lipinski definition) is 2. The van der Waals surface area contributed by atoms with E-state index in [2.05, 4.69) is 50.8 Å². The Morgan fingerprint density at radius 1 is 1.08 bits per heavy atom. The molecule has 0 bridgehead atoms. The molecule has 4 rings (SSSR count). The highest BCUT2D eigenvalue weighted by atomic mass is 35.5. The number of carbonyl (C=O) groups is 3. The maximum atomic E-state index is 14.3. The molecule has 1 aromatic heterocycles. The molecular formula is C36H53ClFN7O7. The van der Waals surface area contributed by atoms with Gasteiger partial charge in [0.05, 0.1) is 12.2 Å². The number of likely N-dealkylation sites (N-methyl/N-ethyl adjacent to an activating group) is 1. The molecule has 0 saturated carbocycles. The van der Waals surface area contributed by atoms with E-state index in [0.717, 1.165) is 58.7 Å². The fraction of sp³-hybridized carbons (Fsp3) is 0.611. The van der Waals surface area contributed by atoms with Gasteiger partial charge in [0.15, 0.2) is 5.82 Å². The van der Waals surface area contributed by atoms with Crippen LogP contribution in [-0.2, 0) is 14.3 Å². The fourth-order valence-corrected chi connectivity index (χ4v) is 6.87. The number of nitrogens with zero attached hydrogens (tertiary/aromatic N) is 7. The van der Waals surface area contributed by atoms with Crippen LogP contribution in [0.1, 0.15) is 64.2 Å². The summed E-state index contributed by atoms with van der Waals surface area (Å²) < 4.78 is 25.7. The van der Waals surface area contributed by atoms with Crippen LogP contribution in [-0.4, -0.2) is 137 Å². The van der Waals surface area contributed by atoms with E-state index in [1.165, 1.54) is 24.6 Å². The van der Waals surface area contributed by atoms with E-state index in [9.17, 15) is 18.8 Å². The van der Waals surface area contributed by atoms with E-state index in [1.807, 2.05) is 20.8 Å². The molecule has 2 fully saturated rings. The van der Waals surface area contributed by atoms with E-state index in [1.54, 1.807) is 12.0 Å². The van der Waals surface area contributed by atoms with Crippen molar-refractivity contribution < 1.29 is 38.5 Å². The van der Waals surface area contributed by atoms with Gasteiger partial charge in [0, 0.05) is 76.0 Å². The Hall–Kier alpha value is -3.92. The van der Waals surface area contributed by atoms with Crippen LogP contribution < -0.4 is 9.64 Å². The first kappa shape index (κ1) is 42.5. The lowest BCUT2D eigenvalue weighted by atomic mass is 9.76. The Morgan fingerprint density at radius 2 is 1.75 bits per heavy atom. The largest absolute Gasteiger partial charge is 0.478 e. The first-order valence-corrected chi connectivity index (χ1v) is 18.0. The summed E-state index contributed by atoms with van der Waals surface area (Å²) in [6.45, 7) is 17.3. The minimum atomic E-state index is -1.26. The van der Waals surface area contributed by atoms with Gasteiger partial charge in [-0.05, 0) is 89.3 Å². The van der Waals surface area contributed by atoms with Gasteiger partial charge in [-0.25, -0.2) is 14.0 Å². The lowest BCUT2D eigenvalue weighted by molar-refractivity contribution is -0.134. The Bertz CT molecular complexity index is 1520. The molecule has 3 heterocycles. The van der Waals surface area contributed by atoms with Crippen LogP contribution in [0.4, 0.5) is 10.2 Å². The number of aromatic nitrogens is 3. The predicted octanol–water partition coefficient (Wildman–Crippen LogP) is 4.93. The van der Waals surface area contributed by atoms with Gasteiger partial charge < -0.3 is 34.4 Å². The molecule has 14 nitrogen and oxygen atoms in total. The number of aliphatic carboxylic acids is 2. The number of ether oxygens (including phenoxy) is 2. The van der Waals surface area contributed by atoms with Crippen molar-refractivity contribution in [3.63, 3.8) is 0 Å². The second-order valence-corrected chi connectivity index (χ2v) is 14.3. The van der Waals surface area contributed by atoms with Gasteiger partial charge >= 0.3 is 11.9 Å². The highest BCUT2D eigenvalue weighted by molar-refractivity contribution is 6.28. The molecular weight excluding hydrogens is 697 g/mol. The highest BCUT2D eigenvalue weighted by Gasteiger charge is 2.50. The third-order valence-electron chi connectivity index (χ3n) is 9.36. The number of anilines is 1. The molecule has 2 saturated heterocycles. The van der Waals surface area contributed by atoms with Crippen LogP contribution in [0.15, 0.2) is 30.4 Å². The summed E-state index contributed by atoms with van der Waals surface area (Å²) in [4.78, 5) is 45.8. The van der Waals surface area contributed by atoms with E-state index in [4.69, 9.17) is 31.3 Å². The zero-order valence-corrected chi connectivity index (χ0v) is 32.0. The van der Waals surface area contributed by atoms with Crippen LogP contribution in [0.3, 0.4) is 0 Å². The topological polar surface area (TPSA) is 162 Å². The zero-order chi connectivity index (χ0) is 38.6. The van der Waals surface area contributed by atoms with Gasteiger partial charge in [-0.15, -0.1) is 10.2 Å². The molecule has 1 spiro atoms. The molecule has 52 heavy (non-hydrogen) atoms. The zero-order valence-electron chi connectivity index (χ0n) is 31.2. The number of halogens is 2. The Labute approximate surface area is 310 Å². The molecule has 1 atom stereocenters. The third-order valence-corrected chi connectivity index (χ3v) is 9.52. The molecule has 1 aromatic carbocycles. The number of carboxylic acid groups (broad SMARTS) is 2. The Kier molecular flexibility index (Phi) is 16.2. The highest BCUT2D eigenvalue weighted by Crippen LogP contribution is 2.45. The van der Waals surface area contributed by atoms with Crippen molar-refractivity contribution in [2.45, 2.75) is 66.0 Å². The van der Waals surface area contributed by atoms with Crippen LogP contribution >= 0.6 is 11.6 Å². The van der Waals surface area contributed by atoms with Gasteiger partial charge in [0.25, 0.3) is 11.8 Å². The smallest absolute Gasteiger partial charge is 0.328 e. The standard InChI is InChI=1S/C32H49ClFN7O3.C4H4O4/c1-8-41(23(4)5)30(42)25-18-24(34)11-12-27(25)44-29-28(35-31(33)37-36-29)39-15-13-32(19-39)20-40(21-32)26(22(2)3)10-9-14-38(6)16-17-43-7;5-3(6)1-2-4(7)8/h11-12,18,22-23,26H,8-10,13-17,19-21H2,1-7H3;1-2H,(H,5,6)(H,7,8)/b;2-1+/t26-;/m1./s1. The quantitative estimate of drug-likeness (QED) is 0.210. The molecule has 2 aliphatic heterocycles. The number of methoxy groups -OCH3 is 1. The minimum Gasteiger partial charge on any atom is -0.478 e. The van der Waals surface area contributed by atoms with Crippen molar-refractivity contribution in [2.24, 2.45) is 11.3 Å². The van der Waals surface area contributed by atoms with Gasteiger partial charge in [0.1, 0.15) is 11.6 Å². The average molecular weight is 750 g/mol. The molecule has 2 aromatic rings. The van der Waals surface area contributed by atoms with Crippen molar-refractivity contribution in [3.8, 4) is 11.6 Å². The van der Waals surface area contributed by atoms with Crippen LogP contribution in [0.2, 0.25) is 5.28 Å². The predicted molar refractivity (Wildman–Crippen MR) is 196 cm³/mol. The van der Waals surface area contributed by atoms with Crippen molar-refractivity contribution in [1.82, 2.24) is 29.9 Å². The number of carboxylic acids is 2. The summed E-state index contributed by atoms with van der Waals surface area (Å²) in [6, 6.07) is 4.41. The number of rotatable bonds is 17. The summed E-state index contributed by atoms with van der Waals surface area (Å²) in [5.74, 6) is -1.94. The summed E-state index contributed by atoms with van der Waals surface area (Å²) in [6.07, 6.45) is 4.47. The maximum absolute atomic E-state index is 14.3. The molecule has 0 aliphatic carbocycles. The Morgan fingerprint density at radius 3 is 2.33 bits per heavy atom. The van der Waals surface area contributed by atoms with E-state index >= 15 is 0 Å². The Balaban J connectivity index is 0.000000815. The number of carbonyl (C=O) groups excluding carboxylic acids is 1. The van der Waals surface area contributed by atoms with Crippen LogP contribution in [0.25, 0.3) is 0 Å². The van der Waals surface area contributed by atoms with E-state index in [0.29, 0.717) is 36.5 Å². The molecule has 0 radical (unpaired) electrons. The van der Waals surface area contributed by atoms with Crippen molar-refractivity contribution in [1.29, 1.82) is 0 Å². The van der Waals surface area contributed by atoms with Gasteiger partial charge in [-0.2, -0.15) is 4.98 Å². The number of likely N-dealkylation sites (tertiary alicyclic amines) is 1. The average Bonchev–Trinajstić information content (AvgIpc) is 3.52. The minimum absolute atomic E-state index is 0.0197. The molecule has 16 heteroatoms. The monoisotopic (exact) mass is 749 g/mol. The summed E-state index contributed by atoms with van der Waals surface area (Å²) in [5, 5.41) is 23.8. The van der Waals surface area contributed by atoms with Gasteiger partial charge in [-0.1, -0.05) is 13.8 Å². The molecule has 2 N–H and O–H groups in total.